The lowest BCUT2D eigenvalue weighted by atomic mass is 10.1. The van der Waals surface area contributed by atoms with Gasteiger partial charge in [-0.3, -0.25) is 4.79 Å². The molecule has 0 N–H and O–H groups in total. The maximum Gasteiger partial charge on any atom is 0.338 e. The Bertz CT molecular complexity index is 769. The Morgan fingerprint density at radius 3 is 2.33 bits per heavy atom. The number of Topliss-reactive ketones (excluding diaryl/α,β-unsaturated/α-hetero) is 1. The second-order valence-electron chi connectivity index (χ2n) is 5.28. The zero-order valence-corrected chi connectivity index (χ0v) is 13.7. The van der Waals surface area contributed by atoms with Crippen LogP contribution in [0.1, 0.15) is 27.6 Å². The van der Waals surface area contributed by atoms with E-state index in [1.165, 1.54) is 6.92 Å². The smallest absolute Gasteiger partial charge is 0.338 e. The van der Waals surface area contributed by atoms with Crippen molar-refractivity contribution in [3.05, 3.63) is 58.6 Å². The lowest BCUT2D eigenvalue weighted by Crippen LogP contribution is -2.24. The third kappa shape index (κ3) is 3.51. The molecular weight excluding hydrogens is 332 g/mol. The van der Waals surface area contributed by atoms with Gasteiger partial charge < -0.3 is 14.2 Å². The Morgan fingerprint density at radius 2 is 1.62 bits per heavy atom. The molecule has 0 aliphatic carbocycles. The first kappa shape index (κ1) is 16.3. The molecule has 0 spiro atoms. The van der Waals surface area contributed by atoms with Gasteiger partial charge in [-0.15, -0.1) is 0 Å². The summed E-state index contributed by atoms with van der Waals surface area (Å²) in [6.07, 6.45) is -0.910. The van der Waals surface area contributed by atoms with Gasteiger partial charge in [-0.1, -0.05) is 11.6 Å². The number of halogens is 1. The van der Waals surface area contributed by atoms with Crippen LogP contribution >= 0.6 is 11.6 Å². The standard InChI is InChI=1S/C18H15ClO5/c1-11(17(20)12-2-5-14(19)6-3-12)24-18(21)13-4-7-15-16(10-13)23-9-8-22-15/h2-7,10-11H,8-9H2,1H3. The third-order valence-corrected chi connectivity index (χ3v) is 3.81. The van der Waals surface area contributed by atoms with Crippen molar-refractivity contribution < 1.29 is 23.8 Å². The van der Waals surface area contributed by atoms with E-state index in [0.29, 0.717) is 40.9 Å². The minimum atomic E-state index is -0.910. The van der Waals surface area contributed by atoms with Crippen LogP contribution in [0.4, 0.5) is 0 Å². The summed E-state index contributed by atoms with van der Waals surface area (Å²) in [5.41, 5.74) is 0.733. The average molecular weight is 347 g/mol. The molecule has 0 aromatic heterocycles. The lowest BCUT2D eigenvalue weighted by molar-refractivity contribution is 0.0318. The molecule has 1 unspecified atom stereocenters. The van der Waals surface area contributed by atoms with E-state index in [1.54, 1.807) is 42.5 Å². The summed E-state index contributed by atoms with van der Waals surface area (Å²) < 4.78 is 16.1. The highest BCUT2D eigenvalue weighted by atomic mass is 35.5. The van der Waals surface area contributed by atoms with Crippen LogP contribution in [0.3, 0.4) is 0 Å². The third-order valence-electron chi connectivity index (χ3n) is 3.56. The molecule has 124 valence electrons. The van der Waals surface area contributed by atoms with Crippen LogP contribution in [0.2, 0.25) is 5.02 Å². The molecule has 1 aliphatic heterocycles. The van der Waals surface area contributed by atoms with Gasteiger partial charge in [0.25, 0.3) is 0 Å². The van der Waals surface area contributed by atoms with Gasteiger partial charge in [0.2, 0.25) is 5.78 Å². The van der Waals surface area contributed by atoms with E-state index >= 15 is 0 Å². The largest absolute Gasteiger partial charge is 0.486 e. The Kier molecular flexibility index (Phi) is 4.71. The molecule has 0 saturated carbocycles. The zero-order chi connectivity index (χ0) is 17.1. The fourth-order valence-corrected chi connectivity index (χ4v) is 2.43. The molecule has 0 saturated heterocycles. The van der Waals surface area contributed by atoms with Crippen LogP contribution < -0.4 is 9.47 Å². The molecular formula is C18H15ClO5. The summed E-state index contributed by atoms with van der Waals surface area (Å²) in [7, 11) is 0. The SMILES string of the molecule is CC(OC(=O)c1ccc2c(c1)OCCO2)C(=O)c1ccc(Cl)cc1. The first-order chi connectivity index (χ1) is 11.5. The van der Waals surface area contributed by atoms with Gasteiger partial charge in [-0.25, -0.2) is 4.79 Å². The molecule has 1 heterocycles. The molecule has 1 aliphatic rings. The number of ketones is 1. The molecule has 2 aromatic rings. The van der Waals surface area contributed by atoms with Crippen molar-refractivity contribution in [3.8, 4) is 11.5 Å². The second kappa shape index (κ2) is 6.93. The highest BCUT2D eigenvalue weighted by Crippen LogP contribution is 2.31. The number of hydrogen-bond acceptors (Lipinski definition) is 5. The van der Waals surface area contributed by atoms with Gasteiger partial charge in [0, 0.05) is 10.6 Å². The fraction of sp³-hybridized carbons (Fsp3) is 0.222. The molecule has 0 fully saturated rings. The van der Waals surface area contributed by atoms with Crippen LogP contribution in [0, 0.1) is 0 Å². The van der Waals surface area contributed by atoms with Crippen LogP contribution in [0.15, 0.2) is 42.5 Å². The fourth-order valence-electron chi connectivity index (χ4n) is 2.30. The Balaban J connectivity index is 1.69. The van der Waals surface area contributed by atoms with E-state index < -0.39 is 12.1 Å². The number of fused-ring (bicyclic) bond motifs is 1. The van der Waals surface area contributed by atoms with Gasteiger partial charge in [-0.2, -0.15) is 0 Å². The Hall–Kier alpha value is -2.53. The van der Waals surface area contributed by atoms with Gasteiger partial charge >= 0.3 is 5.97 Å². The van der Waals surface area contributed by atoms with Crippen molar-refractivity contribution in [2.24, 2.45) is 0 Å². The molecule has 6 heteroatoms. The second-order valence-corrected chi connectivity index (χ2v) is 5.71. The van der Waals surface area contributed by atoms with Crippen molar-refractivity contribution in [1.29, 1.82) is 0 Å². The van der Waals surface area contributed by atoms with Crippen LogP contribution in [0.5, 0.6) is 11.5 Å². The van der Waals surface area contributed by atoms with Crippen molar-refractivity contribution in [2.75, 3.05) is 13.2 Å². The van der Waals surface area contributed by atoms with Gasteiger partial charge in [0.15, 0.2) is 17.6 Å². The molecule has 2 aromatic carbocycles. The minimum absolute atomic E-state index is 0.294. The number of ether oxygens (including phenoxy) is 3. The van der Waals surface area contributed by atoms with E-state index in [-0.39, 0.29) is 5.78 Å². The number of hydrogen-bond donors (Lipinski definition) is 0. The number of esters is 1. The normalized spacial score (nSPS) is 13.9. The molecule has 1 atom stereocenters. The molecule has 3 rings (SSSR count). The van der Waals surface area contributed by atoms with E-state index in [2.05, 4.69) is 0 Å². The molecule has 5 nitrogen and oxygen atoms in total. The van der Waals surface area contributed by atoms with Gasteiger partial charge in [0.1, 0.15) is 13.2 Å². The van der Waals surface area contributed by atoms with Crippen molar-refractivity contribution in [2.45, 2.75) is 13.0 Å². The Labute approximate surface area is 144 Å². The maximum absolute atomic E-state index is 12.3. The highest BCUT2D eigenvalue weighted by Gasteiger charge is 2.22. The molecule has 24 heavy (non-hydrogen) atoms. The topological polar surface area (TPSA) is 61.8 Å². The number of carbonyl (C=O) groups is 2. The lowest BCUT2D eigenvalue weighted by Gasteiger charge is -2.19. The molecule has 0 bridgehead atoms. The predicted octanol–water partition coefficient (Wildman–Crippen LogP) is 3.54. The molecule has 0 amide bonds. The van der Waals surface area contributed by atoms with E-state index in [0.717, 1.165) is 0 Å². The van der Waals surface area contributed by atoms with Gasteiger partial charge in [0.05, 0.1) is 5.56 Å². The summed E-state index contributed by atoms with van der Waals surface area (Å²) in [6.45, 7) is 2.44. The highest BCUT2D eigenvalue weighted by molar-refractivity contribution is 6.30. The van der Waals surface area contributed by atoms with Crippen molar-refractivity contribution in [3.63, 3.8) is 0 Å². The number of benzene rings is 2. The van der Waals surface area contributed by atoms with Crippen LogP contribution in [0.25, 0.3) is 0 Å². The van der Waals surface area contributed by atoms with E-state index in [1.807, 2.05) is 0 Å². The minimum Gasteiger partial charge on any atom is -0.486 e. The summed E-state index contributed by atoms with van der Waals surface area (Å²) in [5.74, 6) is 0.190. The summed E-state index contributed by atoms with van der Waals surface area (Å²) in [4.78, 5) is 24.5. The Morgan fingerprint density at radius 1 is 1.00 bits per heavy atom. The zero-order valence-electron chi connectivity index (χ0n) is 13.0. The van der Waals surface area contributed by atoms with Crippen LogP contribution in [-0.4, -0.2) is 31.1 Å². The predicted molar refractivity (Wildman–Crippen MR) is 88.1 cm³/mol. The van der Waals surface area contributed by atoms with E-state index in [9.17, 15) is 9.59 Å². The number of rotatable bonds is 4. The van der Waals surface area contributed by atoms with E-state index in [4.69, 9.17) is 25.8 Å². The first-order valence-corrected chi connectivity index (χ1v) is 7.83. The first-order valence-electron chi connectivity index (χ1n) is 7.45. The monoisotopic (exact) mass is 346 g/mol. The van der Waals surface area contributed by atoms with Gasteiger partial charge in [-0.05, 0) is 49.4 Å². The summed E-state index contributed by atoms with van der Waals surface area (Å²) in [6, 6.07) is 11.2. The van der Waals surface area contributed by atoms with Crippen molar-refractivity contribution >= 4 is 23.4 Å². The maximum atomic E-state index is 12.3. The number of carbonyl (C=O) groups excluding carboxylic acids is 2. The van der Waals surface area contributed by atoms with Crippen molar-refractivity contribution in [1.82, 2.24) is 0 Å². The average Bonchev–Trinajstić information content (AvgIpc) is 2.61. The summed E-state index contributed by atoms with van der Waals surface area (Å²) >= 11 is 5.80. The summed E-state index contributed by atoms with van der Waals surface area (Å²) in [5, 5.41) is 0.535. The molecule has 0 radical (unpaired) electrons. The quantitative estimate of drug-likeness (QED) is 0.626. The van der Waals surface area contributed by atoms with Crippen LogP contribution in [-0.2, 0) is 4.74 Å².